The van der Waals surface area contributed by atoms with Crippen LogP contribution in [0.4, 0.5) is 13.2 Å². The molecule has 0 aromatic heterocycles. The zero-order valence-electron chi connectivity index (χ0n) is 16.4. The van der Waals surface area contributed by atoms with Gasteiger partial charge in [-0.25, -0.2) is 0 Å². The molecule has 2 aromatic rings. The smallest absolute Gasteiger partial charge is 0.578 e. The number of halogens is 3. The second-order valence-corrected chi connectivity index (χ2v) is 9.00. The van der Waals surface area contributed by atoms with Gasteiger partial charge in [-0.2, -0.15) is 0 Å². The van der Waals surface area contributed by atoms with Crippen LogP contribution in [-0.4, -0.2) is 39.4 Å². The van der Waals surface area contributed by atoms with E-state index in [4.69, 9.17) is 0 Å². The van der Waals surface area contributed by atoms with E-state index in [0.717, 1.165) is 27.8 Å². The van der Waals surface area contributed by atoms with Crippen LogP contribution in [0.3, 0.4) is 0 Å². The molecular weight excluding hydrogens is 411 g/mol. The summed E-state index contributed by atoms with van der Waals surface area (Å²) in [5, 5.41) is 9.87. The summed E-state index contributed by atoms with van der Waals surface area (Å²) < 4.78 is 51.3. The Kier molecular flexibility index (Phi) is 5.81. The molecule has 3 nitrogen and oxygen atoms in total. The molecular formula is C23H22F3NO2S. The fourth-order valence-corrected chi connectivity index (χ4v) is 4.82. The normalized spacial score (nSPS) is 19.1. The highest BCUT2D eigenvalue weighted by Crippen LogP contribution is 2.41. The molecule has 1 aliphatic heterocycles. The average molecular weight is 433 g/mol. The summed E-state index contributed by atoms with van der Waals surface area (Å²) in [6, 6.07) is 12.1. The highest BCUT2D eigenvalue weighted by molar-refractivity contribution is 7.92. The Morgan fingerprint density at radius 1 is 1.00 bits per heavy atom. The number of fused-ring (bicyclic) bond motifs is 2. The van der Waals surface area contributed by atoms with Crippen LogP contribution < -0.4 is 0 Å². The predicted molar refractivity (Wildman–Crippen MR) is 113 cm³/mol. The number of benzene rings is 2. The highest BCUT2D eigenvalue weighted by atomic mass is 32.2. The summed E-state index contributed by atoms with van der Waals surface area (Å²) in [7, 11) is 0. The molecule has 2 atom stereocenters. The Morgan fingerprint density at radius 2 is 1.63 bits per heavy atom. The van der Waals surface area contributed by atoms with Crippen LogP contribution in [0.5, 0.6) is 0 Å². The van der Waals surface area contributed by atoms with E-state index in [1.165, 1.54) is 12.1 Å². The lowest BCUT2D eigenvalue weighted by Gasteiger charge is -2.32. The number of alkyl halides is 3. The van der Waals surface area contributed by atoms with E-state index >= 15 is 0 Å². The highest BCUT2D eigenvalue weighted by Gasteiger charge is 2.46. The van der Waals surface area contributed by atoms with Crippen LogP contribution in [0.1, 0.15) is 42.0 Å². The monoisotopic (exact) mass is 433 g/mol. The topological polar surface area (TPSA) is 46.5 Å². The van der Waals surface area contributed by atoms with Gasteiger partial charge < -0.3 is 9.66 Å². The van der Waals surface area contributed by atoms with Gasteiger partial charge in [-0.1, -0.05) is 42.0 Å². The zero-order chi connectivity index (χ0) is 21.5. The number of rotatable bonds is 2. The van der Waals surface area contributed by atoms with E-state index in [1.54, 1.807) is 13.0 Å². The zero-order valence-corrected chi connectivity index (χ0v) is 17.3. The fourth-order valence-electron chi connectivity index (χ4n) is 4.14. The minimum atomic E-state index is -4.80. The molecule has 2 aromatic carbocycles. The van der Waals surface area contributed by atoms with E-state index in [-0.39, 0.29) is 4.90 Å². The maximum absolute atomic E-state index is 13.1. The van der Waals surface area contributed by atoms with Gasteiger partial charge in [0.1, 0.15) is 6.23 Å². The molecule has 0 radical (unpaired) electrons. The number of aliphatic hydroxyl groups is 1. The quantitative estimate of drug-likeness (QED) is 0.577. The van der Waals surface area contributed by atoms with Crippen molar-refractivity contribution < 1.29 is 22.8 Å². The third-order valence-corrected chi connectivity index (χ3v) is 6.78. The van der Waals surface area contributed by atoms with Crippen molar-refractivity contribution in [1.29, 1.82) is 0 Å². The van der Waals surface area contributed by atoms with Gasteiger partial charge in [0.15, 0.2) is 4.90 Å². The van der Waals surface area contributed by atoms with E-state index in [9.17, 15) is 22.8 Å². The second-order valence-electron chi connectivity index (χ2n) is 7.53. The van der Waals surface area contributed by atoms with Crippen LogP contribution in [0, 0.1) is 0 Å². The molecule has 1 N–H and O–H groups in total. The lowest BCUT2D eigenvalue weighted by Crippen LogP contribution is -2.38. The first kappa shape index (κ1) is 21.2. The van der Waals surface area contributed by atoms with Gasteiger partial charge in [0.2, 0.25) is 0 Å². The Labute approximate surface area is 176 Å². The predicted octanol–water partition coefficient (Wildman–Crippen LogP) is 5.03. The summed E-state index contributed by atoms with van der Waals surface area (Å²) in [4.78, 5) is 1.73. The molecule has 30 heavy (non-hydrogen) atoms. The van der Waals surface area contributed by atoms with Gasteiger partial charge >= 0.3 is 5.51 Å². The summed E-state index contributed by atoms with van der Waals surface area (Å²) in [5.41, 5.74) is 0.677. The Balaban J connectivity index is 1.87. The third-order valence-electron chi connectivity index (χ3n) is 5.67. The number of aliphatic hydroxyl groups excluding tert-OH is 1. The molecule has 158 valence electrons. The number of likely N-dealkylation sites (tertiary alicyclic amines) is 1. The first-order valence-corrected chi connectivity index (χ1v) is 11.0. The van der Waals surface area contributed by atoms with Crippen molar-refractivity contribution in [3.63, 3.8) is 0 Å². The molecule has 1 fully saturated rings. The molecule has 0 amide bonds. The number of piperidine rings is 1. The fraction of sp³-hybridized carbons (Fsp3) is 0.304. The first-order valence-electron chi connectivity index (χ1n) is 9.80. The van der Waals surface area contributed by atoms with E-state index in [2.05, 4.69) is 0 Å². The largest absolute Gasteiger partial charge is 0.604 e. The van der Waals surface area contributed by atoms with E-state index in [1.807, 2.05) is 41.3 Å². The SMILES string of the molecule is CC(O)N1CCC(=C2c3ccccc3C=Cc3ccc([S+]([O-])C(F)(F)F)cc32)CC1. The van der Waals surface area contributed by atoms with Gasteiger partial charge in [-0.15, -0.1) is 13.2 Å². The van der Waals surface area contributed by atoms with Crippen LogP contribution in [0.2, 0.25) is 0 Å². The van der Waals surface area contributed by atoms with Crippen molar-refractivity contribution in [3.8, 4) is 0 Å². The lowest BCUT2D eigenvalue weighted by atomic mass is 9.86. The minimum absolute atomic E-state index is 0.242. The van der Waals surface area contributed by atoms with Crippen molar-refractivity contribution in [2.75, 3.05) is 13.1 Å². The van der Waals surface area contributed by atoms with E-state index in [0.29, 0.717) is 31.5 Å². The third kappa shape index (κ3) is 4.07. The van der Waals surface area contributed by atoms with Crippen LogP contribution in [-0.2, 0) is 11.2 Å². The summed E-state index contributed by atoms with van der Waals surface area (Å²) >= 11 is -3.08. The standard InChI is InChI=1S/C23H22F3NO2S/c1-15(28)27-12-10-18(11-13-27)22-20-5-3-2-4-16(20)6-7-17-8-9-19(14-21(17)22)30(29)23(24,25)26/h2-9,14-15,28H,10-13H2,1H3. The molecule has 1 aliphatic carbocycles. The van der Waals surface area contributed by atoms with Crippen molar-refractivity contribution >= 4 is 28.9 Å². The van der Waals surface area contributed by atoms with Crippen molar-refractivity contribution in [2.24, 2.45) is 0 Å². The molecule has 2 aliphatic rings. The number of hydrogen-bond acceptors (Lipinski definition) is 3. The maximum Gasteiger partial charge on any atom is 0.578 e. The van der Waals surface area contributed by atoms with Crippen LogP contribution >= 0.6 is 0 Å². The van der Waals surface area contributed by atoms with Gasteiger partial charge in [-0.05, 0) is 59.7 Å². The Morgan fingerprint density at radius 3 is 2.27 bits per heavy atom. The number of hydrogen-bond donors (Lipinski definition) is 1. The molecule has 1 saturated heterocycles. The molecule has 0 bridgehead atoms. The molecule has 7 heteroatoms. The average Bonchev–Trinajstić information content (AvgIpc) is 2.89. The van der Waals surface area contributed by atoms with Crippen molar-refractivity contribution in [2.45, 2.75) is 36.4 Å². The maximum atomic E-state index is 13.1. The Hall–Kier alpha value is -2.06. The summed E-state index contributed by atoms with van der Waals surface area (Å²) in [6.45, 7) is 3.09. The molecule has 2 unspecified atom stereocenters. The first-order chi connectivity index (χ1) is 14.3. The summed E-state index contributed by atoms with van der Waals surface area (Å²) in [5.74, 6) is 0. The van der Waals surface area contributed by atoms with E-state index < -0.39 is 22.9 Å². The molecule has 1 heterocycles. The molecule has 0 spiro atoms. The van der Waals surface area contributed by atoms with Gasteiger partial charge in [-0.3, -0.25) is 4.90 Å². The van der Waals surface area contributed by atoms with Crippen LogP contribution in [0.25, 0.3) is 17.7 Å². The summed E-state index contributed by atoms with van der Waals surface area (Å²) in [6.07, 6.45) is 4.74. The Bertz CT molecular complexity index is 1000. The molecule has 0 saturated carbocycles. The van der Waals surface area contributed by atoms with Gasteiger partial charge in [0.25, 0.3) is 0 Å². The van der Waals surface area contributed by atoms with Crippen LogP contribution in [0.15, 0.2) is 52.9 Å². The van der Waals surface area contributed by atoms with Crippen molar-refractivity contribution in [3.05, 3.63) is 70.3 Å². The second kappa shape index (κ2) is 8.23. The van der Waals surface area contributed by atoms with Crippen molar-refractivity contribution in [1.82, 2.24) is 4.90 Å². The van der Waals surface area contributed by atoms with Gasteiger partial charge in [0, 0.05) is 19.2 Å². The molecule has 4 rings (SSSR count). The van der Waals surface area contributed by atoms with Gasteiger partial charge in [0.05, 0.1) is 11.2 Å². The number of nitrogens with zero attached hydrogens (tertiary/aromatic N) is 1. The minimum Gasteiger partial charge on any atom is -0.604 e. The lowest BCUT2D eigenvalue weighted by molar-refractivity contribution is -0.0435.